The van der Waals surface area contributed by atoms with E-state index in [4.69, 9.17) is 9.47 Å². The van der Waals surface area contributed by atoms with Crippen molar-refractivity contribution in [2.24, 2.45) is 0 Å². The van der Waals surface area contributed by atoms with E-state index in [1.165, 1.54) is 12.7 Å². The number of pyridine rings is 1. The minimum Gasteiger partial charge on any atom is -0.588 e. The van der Waals surface area contributed by atoms with Crippen molar-refractivity contribution >= 4 is 33.9 Å². The lowest BCUT2D eigenvalue weighted by Gasteiger charge is -2.35. The Bertz CT molecular complexity index is 1400. The van der Waals surface area contributed by atoms with Crippen molar-refractivity contribution in [1.29, 1.82) is 0 Å². The van der Waals surface area contributed by atoms with Gasteiger partial charge in [-0.25, -0.2) is 0 Å². The molecule has 38 heavy (non-hydrogen) atoms. The number of piperazine rings is 1. The lowest BCUT2D eigenvalue weighted by molar-refractivity contribution is 0.0628. The average Bonchev–Trinajstić information content (AvgIpc) is 2.97. The molecule has 1 amide bonds. The summed E-state index contributed by atoms with van der Waals surface area (Å²) in [5, 5.41) is 0.914. The number of nitrogens with one attached hydrogen (secondary N) is 1. The number of hydrogen-bond acceptors (Lipinski definition) is 7. The van der Waals surface area contributed by atoms with E-state index in [9.17, 15) is 9.35 Å². The highest BCUT2D eigenvalue weighted by atomic mass is 32.2. The van der Waals surface area contributed by atoms with E-state index in [2.05, 4.69) is 26.7 Å². The first-order valence-corrected chi connectivity index (χ1v) is 13.6. The smallest absolute Gasteiger partial charge is 0.254 e. The molecule has 1 aliphatic rings. The quantitative estimate of drug-likeness (QED) is 0.339. The van der Waals surface area contributed by atoms with Gasteiger partial charge >= 0.3 is 0 Å². The van der Waals surface area contributed by atoms with Crippen LogP contribution in [0.15, 0.2) is 83.9 Å². The van der Waals surface area contributed by atoms with Gasteiger partial charge in [0, 0.05) is 49.9 Å². The molecule has 0 saturated carbocycles. The topological polar surface area (TPSA) is 90.0 Å². The molecule has 1 saturated heterocycles. The Hall–Kier alpha value is -3.79. The largest absolute Gasteiger partial charge is 0.588 e. The molecule has 1 fully saturated rings. The fraction of sp³-hybridized carbons (Fsp3) is 0.241. The third kappa shape index (κ3) is 5.70. The van der Waals surface area contributed by atoms with E-state index < -0.39 is 11.4 Å². The molecular formula is C29H30N4O4S. The van der Waals surface area contributed by atoms with E-state index in [1.807, 2.05) is 41.3 Å². The SMILES string of the molecule is COc1ccc(CN2CCN(C(=O)c3ccc(N[S+]([O-])c4cccc5cccnc45)c(OC)c3)CC2)cc1. The Morgan fingerprint density at radius 3 is 2.47 bits per heavy atom. The number of benzene rings is 3. The van der Waals surface area contributed by atoms with Gasteiger partial charge in [-0.1, -0.05) is 30.3 Å². The maximum Gasteiger partial charge on any atom is 0.254 e. The standard InChI is InChI=1S/C29H30N4O4S/c1-36-24-11-8-21(9-12-24)20-32-15-17-33(18-16-32)29(34)23-10-13-25(26(19-23)37-2)31-38(35)27-7-3-5-22-6-4-14-30-28(22)27/h3-14,19,31H,15-18,20H2,1-2H3. The van der Waals surface area contributed by atoms with Gasteiger partial charge in [0.2, 0.25) is 4.90 Å². The Morgan fingerprint density at radius 1 is 0.974 bits per heavy atom. The lowest BCUT2D eigenvalue weighted by atomic mass is 10.1. The van der Waals surface area contributed by atoms with Crippen molar-refractivity contribution in [1.82, 2.24) is 14.8 Å². The van der Waals surface area contributed by atoms with Crippen LogP contribution in [0.25, 0.3) is 10.9 Å². The molecule has 0 aliphatic carbocycles. The summed E-state index contributed by atoms with van der Waals surface area (Å²) in [4.78, 5) is 22.4. The monoisotopic (exact) mass is 530 g/mol. The molecule has 9 heteroatoms. The van der Waals surface area contributed by atoms with Crippen molar-refractivity contribution in [3.8, 4) is 11.5 Å². The van der Waals surface area contributed by atoms with Gasteiger partial charge in [-0.15, -0.1) is 0 Å². The number of rotatable bonds is 8. The molecule has 0 spiro atoms. The summed E-state index contributed by atoms with van der Waals surface area (Å²) < 4.78 is 27.0. The Balaban J connectivity index is 1.22. The van der Waals surface area contributed by atoms with Crippen molar-refractivity contribution in [3.63, 3.8) is 0 Å². The van der Waals surface area contributed by atoms with Gasteiger partial charge < -0.3 is 18.9 Å². The van der Waals surface area contributed by atoms with Gasteiger partial charge in [0.15, 0.2) is 0 Å². The summed E-state index contributed by atoms with van der Waals surface area (Å²) >= 11 is -1.57. The Labute approximate surface area is 225 Å². The molecule has 1 atom stereocenters. The highest BCUT2D eigenvalue weighted by Crippen LogP contribution is 2.30. The molecule has 0 radical (unpaired) electrons. The minimum atomic E-state index is -1.57. The van der Waals surface area contributed by atoms with Gasteiger partial charge in [-0.05, 0) is 48.0 Å². The number of hydrogen-bond donors (Lipinski definition) is 1. The van der Waals surface area contributed by atoms with Crippen LogP contribution in [0.1, 0.15) is 15.9 Å². The third-order valence-corrected chi connectivity index (χ3v) is 7.81. The zero-order chi connectivity index (χ0) is 26.5. The Kier molecular flexibility index (Phi) is 7.97. The van der Waals surface area contributed by atoms with Crippen LogP contribution in [0.3, 0.4) is 0 Å². The van der Waals surface area contributed by atoms with E-state index in [0.717, 1.165) is 30.8 Å². The molecule has 8 nitrogen and oxygen atoms in total. The highest BCUT2D eigenvalue weighted by Gasteiger charge is 2.24. The number of methoxy groups -OCH3 is 2. The normalized spacial score (nSPS) is 14.8. The van der Waals surface area contributed by atoms with Gasteiger partial charge in [0.1, 0.15) is 34.1 Å². The van der Waals surface area contributed by atoms with Gasteiger partial charge in [0.25, 0.3) is 5.91 Å². The summed E-state index contributed by atoms with van der Waals surface area (Å²) in [6.45, 7) is 3.73. The van der Waals surface area contributed by atoms with Crippen molar-refractivity contribution in [3.05, 3.63) is 90.1 Å². The first-order valence-electron chi connectivity index (χ1n) is 12.4. The number of para-hydroxylation sites is 1. The van der Waals surface area contributed by atoms with Crippen LogP contribution in [0.2, 0.25) is 0 Å². The molecule has 2 heterocycles. The second-order valence-corrected chi connectivity index (χ2v) is 10.2. The predicted molar refractivity (Wildman–Crippen MR) is 149 cm³/mol. The van der Waals surface area contributed by atoms with Crippen LogP contribution in [-0.2, 0) is 17.9 Å². The van der Waals surface area contributed by atoms with Crippen molar-refractivity contribution in [2.45, 2.75) is 11.4 Å². The molecular weight excluding hydrogens is 500 g/mol. The van der Waals surface area contributed by atoms with Crippen LogP contribution >= 0.6 is 0 Å². The Morgan fingerprint density at radius 2 is 1.74 bits per heavy atom. The molecule has 1 aliphatic heterocycles. The van der Waals surface area contributed by atoms with Gasteiger partial charge in [0.05, 0.1) is 14.2 Å². The maximum absolute atomic E-state index is 13.3. The molecule has 0 bridgehead atoms. The van der Waals surface area contributed by atoms with Crippen LogP contribution < -0.4 is 14.2 Å². The first-order chi connectivity index (χ1) is 18.6. The van der Waals surface area contributed by atoms with E-state index in [-0.39, 0.29) is 5.91 Å². The number of anilines is 1. The number of nitrogens with zero attached hydrogens (tertiary/aromatic N) is 3. The number of ether oxygens (including phenoxy) is 2. The number of carbonyl (C=O) groups excluding carboxylic acids is 1. The van der Waals surface area contributed by atoms with Crippen molar-refractivity contribution < 1.29 is 18.8 Å². The molecule has 1 unspecified atom stereocenters. The zero-order valence-corrected chi connectivity index (χ0v) is 22.2. The molecule has 196 valence electrons. The fourth-order valence-electron chi connectivity index (χ4n) is 4.57. The van der Waals surface area contributed by atoms with E-state index in [1.54, 1.807) is 37.6 Å². The minimum absolute atomic E-state index is 0.0432. The second kappa shape index (κ2) is 11.7. The van der Waals surface area contributed by atoms with E-state index >= 15 is 0 Å². The fourth-order valence-corrected chi connectivity index (χ4v) is 5.60. The van der Waals surface area contributed by atoms with E-state index in [0.29, 0.717) is 40.5 Å². The maximum atomic E-state index is 13.3. The molecule has 5 rings (SSSR count). The average molecular weight is 531 g/mol. The number of amides is 1. The molecule has 1 N–H and O–H groups in total. The van der Waals surface area contributed by atoms with Crippen LogP contribution in [0.4, 0.5) is 5.69 Å². The third-order valence-electron chi connectivity index (χ3n) is 6.67. The number of fused-ring (bicyclic) bond motifs is 1. The number of aromatic nitrogens is 1. The summed E-state index contributed by atoms with van der Waals surface area (Å²) in [5.41, 5.74) is 2.97. The van der Waals surface area contributed by atoms with Gasteiger partial charge in [-0.3, -0.25) is 14.7 Å². The predicted octanol–water partition coefficient (Wildman–Crippen LogP) is 4.34. The first kappa shape index (κ1) is 25.8. The van der Waals surface area contributed by atoms with Gasteiger partial charge in [-0.2, -0.15) is 4.72 Å². The second-order valence-electron chi connectivity index (χ2n) is 9.03. The summed E-state index contributed by atoms with van der Waals surface area (Å²) in [7, 11) is 3.20. The lowest BCUT2D eigenvalue weighted by Crippen LogP contribution is -2.48. The van der Waals surface area contributed by atoms with Crippen molar-refractivity contribution in [2.75, 3.05) is 45.1 Å². The summed E-state index contributed by atoms with van der Waals surface area (Å²) in [6, 6.07) is 22.6. The van der Waals surface area contributed by atoms with Crippen LogP contribution in [-0.4, -0.2) is 65.6 Å². The number of carbonyl (C=O) groups is 1. The van der Waals surface area contributed by atoms with Crippen LogP contribution in [0, 0.1) is 0 Å². The molecule has 1 aromatic heterocycles. The zero-order valence-electron chi connectivity index (χ0n) is 21.4. The molecule has 4 aromatic rings. The summed E-state index contributed by atoms with van der Waals surface area (Å²) in [5.74, 6) is 1.26. The summed E-state index contributed by atoms with van der Waals surface area (Å²) in [6.07, 6.45) is 1.68. The molecule has 3 aromatic carbocycles. The van der Waals surface area contributed by atoms with Crippen LogP contribution in [0.5, 0.6) is 11.5 Å². The highest BCUT2D eigenvalue weighted by molar-refractivity contribution is 7.93.